The van der Waals surface area contributed by atoms with E-state index in [0.29, 0.717) is 12.5 Å². The van der Waals surface area contributed by atoms with Gasteiger partial charge >= 0.3 is 0 Å². The number of hydrogen-bond acceptors (Lipinski definition) is 2. The van der Waals surface area contributed by atoms with Gasteiger partial charge in [0.15, 0.2) is 17.5 Å². The van der Waals surface area contributed by atoms with Gasteiger partial charge < -0.3 is 15.4 Å². The van der Waals surface area contributed by atoms with E-state index in [1.165, 1.54) is 6.07 Å². The van der Waals surface area contributed by atoms with Crippen LogP contribution in [0.5, 0.6) is 5.75 Å². The van der Waals surface area contributed by atoms with Gasteiger partial charge in [0.05, 0.1) is 6.54 Å². The molecule has 0 saturated carbocycles. The average molecular weight is 371 g/mol. The van der Waals surface area contributed by atoms with Crippen molar-refractivity contribution < 1.29 is 13.5 Å². The van der Waals surface area contributed by atoms with Crippen molar-refractivity contribution in [2.75, 3.05) is 27.2 Å². The fraction of sp³-hybridized carbons (Fsp3) is 0.364. The molecule has 0 radical (unpaired) electrons. The Kier molecular flexibility index (Phi) is 8.34. The molecule has 0 unspecified atom stereocenters. The molecular weight excluding hydrogens is 355 g/mol. The minimum atomic E-state index is -0.706. The van der Waals surface area contributed by atoms with Gasteiger partial charge in [-0.3, -0.25) is 4.99 Å². The van der Waals surface area contributed by atoms with E-state index in [0.717, 1.165) is 12.1 Å². The number of hydrogen-bond donors (Lipinski definition) is 2. The summed E-state index contributed by atoms with van der Waals surface area (Å²) >= 11 is 0. The molecule has 0 aliphatic carbocycles. The van der Waals surface area contributed by atoms with Crippen LogP contribution in [0.3, 0.4) is 0 Å². The van der Waals surface area contributed by atoms with Crippen molar-refractivity contribution in [3.05, 3.63) is 29.8 Å². The van der Waals surface area contributed by atoms with Crippen LogP contribution in [0.1, 0.15) is 0 Å². The maximum absolute atomic E-state index is 13.1. The highest BCUT2D eigenvalue weighted by molar-refractivity contribution is 14.0. The highest BCUT2D eigenvalue weighted by atomic mass is 127. The van der Waals surface area contributed by atoms with Crippen LogP contribution in [0, 0.1) is 11.6 Å². The third-order valence-corrected chi connectivity index (χ3v) is 2.01. The molecule has 0 saturated heterocycles. The summed E-state index contributed by atoms with van der Waals surface area (Å²) in [5.41, 5.74) is 0. The lowest BCUT2D eigenvalue weighted by Gasteiger charge is -2.10. The van der Waals surface area contributed by atoms with Gasteiger partial charge in [-0.15, -0.1) is 24.0 Å². The standard InChI is InChI=1S/C11H15F2N3O.HI/c1-14-11(15-2)16-5-6-17-10-4-3-8(12)7-9(10)13;/h3-4,7H,5-6H2,1-2H3,(H2,14,15,16);1H. The quantitative estimate of drug-likeness (QED) is 0.367. The summed E-state index contributed by atoms with van der Waals surface area (Å²) in [6.45, 7) is 0.716. The number of rotatable bonds is 4. The van der Waals surface area contributed by atoms with E-state index in [2.05, 4.69) is 15.6 Å². The summed E-state index contributed by atoms with van der Waals surface area (Å²) in [6.07, 6.45) is 0. The monoisotopic (exact) mass is 371 g/mol. The van der Waals surface area contributed by atoms with E-state index < -0.39 is 11.6 Å². The first-order valence-electron chi connectivity index (χ1n) is 5.13. The van der Waals surface area contributed by atoms with E-state index in [-0.39, 0.29) is 36.3 Å². The smallest absolute Gasteiger partial charge is 0.190 e. The molecule has 7 heteroatoms. The molecule has 0 spiro atoms. The van der Waals surface area contributed by atoms with Crippen LogP contribution in [-0.2, 0) is 0 Å². The van der Waals surface area contributed by atoms with E-state index in [1.54, 1.807) is 14.1 Å². The van der Waals surface area contributed by atoms with Crippen LogP contribution >= 0.6 is 24.0 Å². The number of nitrogens with zero attached hydrogens (tertiary/aromatic N) is 1. The number of aliphatic imine (C=N–C) groups is 1. The lowest BCUT2D eigenvalue weighted by atomic mass is 10.3. The summed E-state index contributed by atoms with van der Waals surface area (Å²) < 4.78 is 30.9. The van der Waals surface area contributed by atoms with Crippen molar-refractivity contribution in [1.29, 1.82) is 0 Å². The van der Waals surface area contributed by atoms with Crippen LogP contribution < -0.4 is 15.4 Å². The van der Waals surface area contributed by atoms with Gasteiger partial charge in [-0.05, 0) is 12.1 Å². The fourth-order valence-electron chi connectivity index (χ4n) is 1.20. The molecule has 0 aliphatic heterocycles. The molecule has 0 aromatic heterocycles. The van der Waals surface area contributed by atoms with Crippen LogP contribution in [0.4, 0.5) is 8.78 Å². The zero-order chi connectivity index (χ0) is 12.7. The predicted molar refractivity (Wildman–Crippen MR) is 77.7 cm³/mol. The molecule has 102 valence electrons. The van der Waals surface area contributed by atoms with Crippen molar-refractivity contribution >= 4 is 29.9 Å². The van der Waals surface area contributed by atoms with Crippen LogP contribution in [0.15, 0.2) is 23.2 Å². The number of guanidine groups is 1. The molecule has 0 aliphatic rings. The molecule has 1 aromatic rings. The number of nitrogens with one attached hydrogen (secondary N) is 2. The Bertz CT molecular complexity index is 402. The Morgan fingerprint density at radius 2 is 2.11 bits per heavy atom. The SMILES string of the molecule is CN=C(NC)NCCOc1ccc(F)cc1F.I. The second-order valence-corrected chi connectivity index (χ2v) is 3.17. The fourth-order valence-corrected chi connectivity index (χ4v) is 1.20. The Balaban J connectivity index is 0.00000289. The van der Waals surface area contributed by atoms with Crippen molar-refractivity contribution in [3.63, 3.8) is 0 Å². The molecule has 0 fully saturated rings. The van der Waals surface area contributed by atoms with Crippen molar-refractivity contribution in [2.45, 2.75) is 0 Å². The highest BCUT2D eigenvalue weighted by Crippen LogP contribution is 2.17. The summed E-state index contributed by atoms with van der Waals surface area (Å²) in [5, 5.41) is 5.77. The minimum Gasteiger partial charge on any atom is -0.489 e. The van der Waals surface area contributed by atoms with Gasteiger partial charge in [-0.25, -0.2) is 8.78 Å². The van der Waals surface area contributed by atoms with Gasteiger partial charge in [0.2, 0.25) is 0 Å². The van der Waals surface area contributed by atoms with E-state index in [9.17, 15) is 8.78 Å². The van der Waals surface area contributed by atoms with Gasteiger partial charge in [-0.2, -0.15) is 0 Å². The van der Waals surface area contributed by atoms with E-state index in [4.69, 9.17) is 4.74 Å². The lowest BCUT2D eigenvalue weighted by Crippen LogP contribution is -2.37. The number of halogens is 3. The highest BCUT2D eigenvalue weighted by Gasteiger charge is 2.04. The normalized spacial score (nSPS) is 10.6. The van der Waals surface area contributed by atoms with Gasteiger partial charge in [0.1, 0.15) is 12.4 Å². The molecule has 1 aromatic carbocycles. The van der Waals surface area contributed by atoms with Crippen molar-refractivity contribution in [3.8, 4) is 5.75 Å². The van der Waals surface area contributed by atoms with Crippen LogP contribution in [0.25, 0.3) is 0 Å². The summed E-state index contributed by atoms with van der Waals surface area (Å²) in [5.74, 6) is -0.674. The van der Waals surface area contributed by atoms with Gasteiger partial charge in [0, 0.05) is 20.2 Å². The largest absolute Gasteiger partial charge is 0.489 e. The molecule has 0 amide bonds. The van der Waals surface area contributed by atoms with Crippen molar-refractivity contribution in [1.82, 2.24) is 10.6 Å². The summed E-state index contributed by atoms with van der Waals surface area (Å²) in [7, 11) is 3.37. The first kappa shape index (κ1) is 16.9. The lowest BCUT2D eigenvalue weighted by molar-refractivity contribution is 0.304. The molecule has 1 rings (SSSR count). The second-order valence-electron chi connectivity index (χ2n) is 3.17. The Hall–Kier alpha value is -1.12. The minimum absolute atomic E-state index is 0. The average Bonchev–Trinajstić information content (AvgIpc) is 2.32. The first-order chi connectivity index (χ1) is 8.17. The maximum Gasteiger partial charge on any atom is 0.190 e. The third kappa shape index (κ3) is 5.48. The number of ether oxygens (including phenoxy) is 1. The van der Waals surface area contributed by atoms with Crippen LogP contribution in [-0.4, -0.2) is 33.2 Å². The molecule has 4 nitrogen and oxygen atoms in total. The molecule has 2 N–H and O–H groups in total. The maximum atomic E-state index is 13.1. The molecule has 0 bridgehead atoms. The van der Waals surface area contributed by atoms with Crippen molar-refractivity contribution in [2.24, 2.45) is 4.99 Å². The molecule has 0 atom stereocenters. The molecular formula is C11H16F2IN3O. The zero-order valence-corrected chi connectivity index (χ0v) is 12.5. The molecule has 18 heavy (non-hydrogen) atoms. The number of benzene rings is 1. The van der Waals surface area contributed by atoms with Gasteiger partial charge in [0.25, 0.3) is 0 Å². The Morgan fingerprint density at radius 3 is 2.67 bits per heavy atom. The van der Waals surface area contributed by atoms with E-state index in [1.807, 2.05) is 0 Å². The Labute approximate surface area is 122 Å². The topological polar surface area (TPSA) is 45.7 Å². The summed E-state index contributed by atoms with van der Waals surface area (Å²) in [6, 6.07) is 3.20. The molecule has 0 heterocycles. The first-order valence-corrected chi connectivity index (χ1v) is 5.13. The van der Waals surface area contributed by atoms with Gasteiger partial charge in [-0.1, -0.05) is 0 Å². The predicted octanol–water partition coefficient (Wildman–Crippen LogP) is 1.76. The third-order valence-electron chi connectivity index (χ3n) is 2.01. The van der Waals surface area contributed by atoms with E-state index >= 15 is 0 Å². The summed E-state index contributed by atoms with van der Waals surface area (Å²) in [4.78, 5) is 3.90. The second kappa shape index (κ2) is 8.90. The zero-order valence-electron chi connectivity index (χ0n) is 10.2. The van der Waals surface area contributed by atoms with Crippen LogP contribution in [0.2, 0.25) is 0 Å². The Morgan fingerprint density at radius 1 is 1.39 bits per heavy atom.